The molecule has 0 bridgehead atoms. The summed E-state index contributed by atoms with van der Waals surface area (Å²) in [6, 6.07) is 4.73. The number of nitrogens with one attached hydrogen (secondary N) is 2. The number of benzene rings is 1. The molecule has 0 aromatic heterocycles. The van der Waals surface area contributed by atoms with Crippen molar-refractivity contribution in [2.24, 2.45) is 0 Å². The van der Waals surface area contributed by atoms with E-state index in [1.165, 1.54) is 6.07 Å². The largest absolute Gasteiger partial charge is 0.416 e. The van der Waals surface area contributed by atoms with Crippen LogP contribution < -0.4 is 10.6 Å². The summed E-state index contributed by atoms with van der Waals surface area (Å²) in [4.78, 5) is 22.9. The number of carbonyl (C=O) groups is 2. The van der Waals surface area contributed by atoms with Crippen molar-refractivity contribution in [3.05, 3.63) is 35.4 Å². The molecule has 2 amide bonds. The molecule has 0 spiro atoms. The summed E-state index contributed by atoms with van der Waals surface area (Å²) in [5.41, 5.74) is -0.0807. The maximum Gasteiger partial charge on any atom is 0.416 e. The van der Waals surface area contributed by atoms with E-state index in [1.807, 2.05) is 6.92 Å². The van der Waals surface area contributed by atoms with Crippen LogP contribution in [0.25, 0.3) is 0 Å². The fraction of sp³-hybridized carbons (Fsp3) is 0.500. The van der Waals surface area contributed by atoms with Gasteiger partial charge < -0.3 is 10.6 Å². The van der Waals surface area contributed by atoms with E-state index in [1.54, 1.807) is 6.07 Å². The lowest BCUT2D eigenvalue weighted by Crippen LogP contribution is -2.42. The first-order chi connectivity index (χ1) is 10.8. The summed E-state index contributed by atoms with van der Waals surface area (Å²) in [5.74, 6) is -0.495. The van der Waals surface area contributed by atoms with E-state index in [0.29, 0.717) is 31.4 Å². The van der Waals surface area contributed by atoms with Gasteiger partial charge in [0.1, 0.15) is 6.04 Å². The molecular weight excluding hydrogens is 309 g/mol. The first-order valence-electron chi connectivity index (χ1n) is 7.51. The molecule has 0 saturated carbocycles. The molecule has 23 heavy (non-hydrogen) atoms. The van der Waals surface area contributed by atoms with Crippen molar-refractivity contribution < 1.29 is 22.8 Å². The Balaban J connectivity index is 1.84. The molecule has 7 heteroatoms. The average Bonchev–Trinajstić information content (AvgIpc) is 2.93. The molecule has 1 heterocycles. The number of rotatable bonds is 5. The van der Waals surface area contributed by atoms with Crippen molar-refractivity contribution in [1.82, 2.24) is 10.6 Å². The first-order valence-corrected chi connectivity index (χ1v) is 7.51. The molecule has 1 fully saturated rings. The fourth-order valence-corrected chi connectivity index (χ4v) is 2.53. The molecule has 2 rings (SSSR count). The SMILES string of the molecule is C[C@@H](CCNC(=O)[C@H]1CCC(=O)N1)c1cccc(C(F)(F)F)c1. The molecule has 1 aliphatic rings. The smallest absolute Gasteiger partial charge is 0.354 e. The number of halogens is 3. The third-order valence-electron chi connectivity index (χ3n) is 3.97. The van der Waals surface area contributed by atoms with Crippen molar-refractivity contribution in [1.29, 1.82) is 0 Å². The molecule has 1 aromatic rings. The van der Waals surface area contributed by atoms with Gasteiger partial charge in [-0.1, -0.05) is 25.1 Å². The van der Waals surface area contributed by atoms with Gasteiger partial charge in [0.2, 0.25) is 11.8 Å². The first kappa shape index (κ1) is 17.3. The van der Waals surface area contributed by atoms with Crippen LogP contribution in [0.3, 0.4) is 0 Å². The fourth-order valence-electron chi connectivity index (χ4n) is 2.53. The van der Waals surface area contributed by atoms with Crippen LogP contribution in [-0.4, -0.2) is 24.4 Å². The second-order valence-corrected chi connectivity index (χ2v) is 5.76. The minimum Gasteiger partial charge on any atom is -0.354 e. The summed E-state index contributed by atoms with van der Waals surface area (Å²) in [6.07, 6.45) is -3.01. The topological polar surface area (TPSA) is 58.2 Å². The van der Waals surface area contributed by atoms with Gasteiger partial charge in [0.15, 0.2) is 0 Å². The second-order valence-electron chi connectivity index (χ2n) is 5.76. The Kier molecular flexibility index (Phi) is 5.28. The molecule has 0 radical (unpaired) electrons. The monoisotopic (exact) mass is 328 g/mol. The van der Waals surface area contributed by atoms with Gasteiger partial charge in [-0.15, -0.1) is 0 Å². The highest BCUT2D eigenvalue weighted by Gasteiger charge is 2.30. The lowest BCUT2D eigenvalue weighted by Gasteiger charge is -2.16. The van der Waals surface area contributed by atoms with Crippen LogP contribution >= 0.6 is 0 Å². The Hall–Kier alpha value is -2.05. The molecule has 4 nitrogen and oxygen atoms in total. The zero-order chi connectivity index (χ0) is 17.0. The Labute approximate surface area is 132 Å². The summed E-state index contributed by atoms with van der Waals surface area (Å²) in [5, 5.41) is 5.29. The molecule has 2 N–H and O–H groups in total. The molecule has 1 aliphatic heterocycles. The van der Waals surface area contributed by atoms with E-state index in [9.17, 15) is 22.8 Å². The van der Waals surface area contributed by atoms with Gasteiger partial charge in [0.05, 0.1) is 5.56 Å². The molecule has 2 atom stereocenters. The maximum absolute atomic E-state index is 12.7. The highest BCUT2D eigenvalue weighted by molar-refractivity contribution is 5.90. The van der Waals surface area contributed by atoms with Crippen LogP contribution in [0, 0.1) is 0 Å². The van der Waals surface area contributed by atoms with Gasteiger partial charge in [-0.25, -0.2) is 0 Å². The van der Waals surface area contributed by atoms with Crippen molar-refractivity contribution in [3.8, 4) is 0 Å². The lowest BCUT2D eigenvalue weighted by molar-refractivity contribution is -0.137. The van der Waals surface area contributed by atoms with Gasteiger partial charge in [-0.2, -0.15) is 13.2 Å². The molecule has 1 saturated heterocycles. The number of hydrogen-bond donors (Lipinski definition) is 2. The third kappa shape index (κ3) is 4.71. The van der Waals surface area contributed by atoms with Crippen LogP contribution in [0.4, 0.5) is 13.2 Å². The number of alkyl halides is 3. The summed E-state index contributed by atoms with van der Waals surface area (Å²) in [7, 11) is 0. The summed E-state index contributed by atoms with van der Waals surface area (Å²) in [6.45, 7) is 2.17. The number of hydrogen-bond acceptors (Lipinski definition) is 2. The predicted octanol–water partition coefficient (Wildman–Crippen LogP) is 2.59. The van der Waals surface area contributed by atoms with Crippen molar-refractivity contribution in [2.75, 3.05) is 6.54 Å². The molecule has 0 unspecified atom stereocenters. The quantitative estimate of drug-likeness (QED) is 0.873. The number of carbonyl (C=O) groups excluding carboxylic acids is 2. The van der Waals surface area contributed by atoms with Crippen LogP contribution in [0.5, 0.6) is 0 Å². The van der Waals surface area contributed by atoms with Gasteiger partial charge in [-0.05, 0) is 30.4 Å². The van der Waals surface area contributed by atoms with Crippen LogP contribution in [0.2, 0.25) is 0 Å². The van der Waals surface area contributed by atoms with Crippen LogP contribution in [0.1, 0.15) is 43.2 Å². The van der Waals surface area contributed by atoms with E-state index in [0.717, 1.165) is 12.1 Å². The highest BCUT2D eigenvalue weighted by Crippen LogP contribution is 2.31. The van der Waals surface area contributed by atoms with Crippen molar-refractivity contribution in [2.45, 2.75) is 44.3 Å². The van der Waals surface area contributed by atoms with Gasteiger partial charge >= 0.3 is 6.18 Å². The predicted molar refractivity (Wildman–Crippen MR) is 78.7 cm³/mol. The Morgan fingerprint density at radius 3 is 2.78 bits per heavy atom. The highest BCUT2D eigenvalue weighted by atomic mass is 19.4. The lowest BCUT2D eigenvalue weighted by atomic mass is 9.96. The minimum atomic E-state index is -4.36. The normalized spacial score (nSPS) is 19.3. The van der Waals surface area contributed by atoms with Crippen LogP contribution in [-0.2, 0) is 15.8 Å². The molecule has 126 valence electrons. The van der Waals surface area contributed by atoms with E-state index in [2.05, 4.69) is 10.6 Å². The summed E-state index contributed by atoms with van der Waals surface area (Å²) < 4.78 is 38.1. The van der Waals surface area contributed by atoms with Gasteiger partial charge in [0, 0.05) is 13.0 Å². The van der Waals surface area contributed by atoms with Crippen LogP contribution in [0.15, 0.2) is 24.3 Å². The maximum atomic E-state index is 12.7. The Bertz CT molecular complexity index is 587. The zero-order valence-corrected chi connectivity index (χ0v) is 12.7. The standard InChI is InChI=1S/C16H19F3N2O2/c1-10(11-3-2-4-12(9-11)16(17,18)19)7-8-20-15(23)13-5-6-14(22)21-13/h2-4,9-10,13H,5-8H2,1H3,(H,20,23)(H,21,22)/t10-,13+/m0/s1. The molecule has 1 aromatic carbocycles. The average molecular weight is 328 g/mol. The minimum absolute atomic E-state index is 0.115. The Morgan fingerprint density at radius 1 is 1.43 bits per heavy atom. The second kappa shape index (κ2) is 7.02. The Morgan fingerprint density at radius 2 is 2.17 bits per heavy atom. The number of amides is 2. The molecule has 0 aliphatic carbocycles. The van der Waals surface area contributed by atoms with Gasteiger partial charge in [-0.3, -0.25) is 9.59 Å². The summed E-state index contributed by atoms with van der Waals surface area (Å²) >= 11 is 0. The third-order valence-corrected chi connectivity index (χ3v) is 3.97. The zero-order valence-electron chi connectivity index (χ0n) is 12.7. The van der Waals surface area contributed by atoms with E-state index in [-0.39, 0.29) is 17.7 Å². The molecular formula is C16H19F3N2O2. The van der Waals surface area contributed by atoms with Crippen molar-refractivity contribution >= 4 is 11.8 Å². The van der Waals surface area contributed by atoms with E-state index < -0.39 is 17.8 Å². The van der Waals surface area contributed by atoms with E-state index in [4.69, 9.17) is 0 Å². The van der Waals surface area contributed by atoms with Gasteiger partial charge in [0.25, 0.3) is 0 Å². The van der Waals surface area contributed by atoms with Crippen molar-refractivity contribution in [3.63, 3.8) is 0 Å². The van der Waals surface area contributed by atoms with E-state index >= 15 is 0 Å².